The lowest BCUT2D eigenvalue weighted by atomic mass is 9.99. The highest BCUT2D eigenvalue weighted by molar-refractivity contribution is 5.80. The van der Waals surface area contributed by atoms with Gasteiger partial charge in [0.05, 0.1) is 0 Å². The van der Waals surface area contributed by atoms with E-state index < -0.39 is 0 Å². The Labute approximate surface area is 108 Å². The van der Waals surface area contributed by atoms with Crippen molar-refractivity contribution in [2.75, 3.05) is 19.7 Å². The third-order valence-electron chi connectivity index (χ3n) is 3.87. The van der Waals surface area contributed by atoms with Crippen LogP contribution < -0.4 is 5.32 Å². The normalized spacial score (nSPS) is 27.7. The summed E-state index contributed by atoms with van der Waals surface area (Å²) >= 11 is 0. The smallest absolute Gasteiger partial charge is 0.188 e. The fraction of sp³-hybridized carbons (Fsp3) is 0.533. The highest BCUT2D eigenvalue weighted by Gasteiger charge is 2.28. The second-order valence-corrected chi connectivity index (χ2v) is 5.19. The maximum atomic E-state index is 5.82. The minimum atomic E-state index is 0.197. The van der Waals surface area contributed by atoms with Gasteiger partial charge in [-0.3, -0.25) is 0 Å². The second kappa shape index (κ2) is 5.11. The molecule has 1 N–H and O–H groups in total. The molecule has 1 aromatic rings. The van der Waals surface area contributed by atoms with E-state index in [0.717, 1.165) is 19.0 Å². The maximum absolute atomic E-state index is 5.82. The van der Waals surface area contributed by atoms with Gasteiger partial charge in [-0.2, -0.15) is 0 Å². The standard InChI is InChI=1S/C15H20N2O/c1-11-5-2-3-7-13(11)14-10-18-15(17-14)12-6-4-8-16-9-12/h2-3,5,7,12,14,16H,4,6,8-10H2,1H3. The molecule has 2 heterocycles. The van der Waals surface area contributed by atoms with Gasteiger partial charge in [-0.1, -0.05) is 24.3 Å². The van der Waals surface area contributed by atoms with Crippen LogP contribution in [0.15, 0.2) is 29.3 Å². The molecule has 1 aromatic carbocycles. The van der Waals surface area contributed by atoms with Crippen molar-refractivity contribution in [3.8, 4) is 0 Å². The molecule has 3 rings (SSSR count). The zero-order valence-corrected chi connectivity index (χ0v) is 10.9. The first kappa shape index (κ1) is 11.7. The predicted molar refractivity (Wildman–Crippen MR) is 72.9 cm³/mol. The first-order valence-corrected chi connectivity index (χ1v) is 6.81. The Morgan fingerprint density at radius 1 is 1.33 bits per heavy atom. The third kappa shape index (κ3) is 2.27. The van der Waals surface area contributed by atoms with E-state index in [1.165, 1.54) is 24.0 Å². The summed E-state index contributed by atoms with van der Waals surface area (Å²) in [5.41, 5.74) is 2.61. The van der Waals surface area contributed by atoms with Crippen molar-refractivity contribution in [3.63, 3.8) is 0 Å². The summed E-state index contributed by atoms with van der Waals surface area (Å²) in [6, 6.07) is 8.66. The van der Waals surface area contributed by atoms with Crippen LogP contribution in [0.3, 0.4) is 0 Å². The van der Waals surface area contributed by atoms with Crippen molar-refractivity contribution in [2.45, 2.75) is 25.8 Å². The number of hydrogen-bond acceptors (Lipinski definition) is 3. The number of nitrogens with zero attached hydrogens (tertiary/aromatic N) is 1. The number of ether oxygens (including phenoxy) is 1. The van der Waals surface area contributed by atoms with Gasteiger partial charge >= 0.3 is 0 Å². The second-order valence-electron chi connectivity index (χ2n) is 5.19. The SMILES string of the molecule is Cc1ccccc1C1COC(C2CCCNC2)=N1. The van der Waals surface area contributed by atoms with Crippen LogP contribution in [0.1, 0.15) is 30.0 Å². The van der Waals surface area contributed by atoms with Gasteiger partial charge in [-0.25, -0.2) is 4.99 Å². The van der Waals surface area contributed by atoms with E-state index in [1.54, 1.807) is 0 Å². The zero-order valence-electron chi connectivity index (χ0n) is 10.9. The van der Waals surface area contributed by atoms with Crippen molar-refractivity contribution >= 4 is 5.90 Å². The molecule has 1 saturated heterocycles. The van der Waals surface area contributed by atoms with Gasteiger partial charge in [-0.05, 0) is 37.4 Å². The topological polar surface area (TPSA) is 33.6 Å². The minimum absolute atomic E-state index is 0.197. The highest BCUT2D eigenvalue weighted by Crippen LogP contribution is 2.28. The van der Waals surface area contributed by atoms with Crippen LogP contribution in [-0.2, 0) is 4.74 Å². The first-order valence-electron chi connectivity index (χ1n) is 6.81. The number of rotatable bonds is 2. The quantitative estimate of drug-likeness (QED) is 0.867. The predicted octanol–water partition coefficient (Wildman–Crippen LogP) is 2.46. The maximum Gasteiger partial charge on any atom is 0.188 e. The van der Waals surface area contributed by atoms with E-state index in [0.29, 0.717) is 12.5 Å². The Balaban J connectivity index is 1.77. The molecule has 18 heavy (non-hydrogen) atoms. The largest absolute Gasteiger partial charge is 0.478 e. The fourth-order valence-electron chi connectivity index (χ4n) is 2.80. The van der Waals surface area contributed by atoms with E-state index in [2.05, 4.69) is 36.5 Å². The number of nitrogens with one attached hydrogen (secondary N) is 1. The van der Waals surface area contributed by atoms with Crippen LogP contribution in [-0.4, -0.2) is 25.6 Å². The molecule has 0 saturated carbocycles. The lowest BCUT2D eigenvalue weighted by Gasteiger charge is -2.21. The summed E-state index contributed by atoms with van der Waals surface area (Å²) in [4.78, 5) is 4.80. The average Bonchev–Trinajstić information content (AvgIpc) is 2.90. The summed E-state index contributed by atoms with van der Waals surface area (Å²) in [5.74, 6) is 1.45. The van der Waals surface area contributed by atoms with Crippen LogP contribution in [0.25, 0.3) is 0 Å². The van der Waals surface area contributed by atoms with Gasteiger partial charge in [0.2, 0.25) is 0 Å². The molecule has 0 aliphatic carbocycles. The summed E-state index contributed by atoms with van der Waals surface area (Å²) in [6.45, 7) is 4.99. The van der Waals surface area contributed by atoms with E-state index in [9.17, 15) is 0 Å². The summed E-state index contributed by atoms with van der Waals surface area (Å²) < 4.78 is 5.82. The highest BCUT2D eigenvalue weighted by atomic mass is 16.5. The minimum Gasteiger partial charge on any atom is -0.478 e. The van der Waals surface area contributed by atoms with Crippen LogP contribution in [0.2, 0.25) is 0 Å². The molecule has 0 radical (unpaired) electrons. The van der Waals surface area contributed by atoms with E-state index in [1.807, 2.05) is 0 Å². The molecule has 2 aliphatic heterocycles. The van der Waals surface area contributed by atoms with Crippen molar-refractivity contribution in [1.82, 2.24) is 5.32 Å². The molecular formula is C15H20N2O. The Morgan fingerprint density at radius 3 is 3.00 bits per heavy atom. The van der Waals surface area contributed by atoms with Crippen molar-refractivity contribution < 1.29 is 4.74 Å². The Hall–Kier alpha value is -1.35. The Kier molecular flexibility index (Phi) is 3.33. The van der Waals surface area contributed by atoms with Gasteiger partial charge in [-0.15, -0.1) is 0 Å². The molecule has 3 heteroatoms. The Bertz CT molecular complexity index is 450. The number of hydrogen-bond donors (Lipinski definition) is 1. The molecule has 0 spiro atoms. The molecular weight excluding hydrogens is 224 g/mol. The summed E-state index contributed by atoms with van der Waals surface area (Å²) in [5, 5.41) is 3.42. The lowest BCUT2D eigenvalue weighted by molar-refractivity contribution is 0.286. The van der Waals surface area contributed by atoms with Crippen molar-refractivity contribution in [3.05, 3.63) is 35.4 Å². The average molecular weight is 244 g/mol. The molecule has 2 unspecified atom stereocenters. The zero-order chi connectivity index (χ0) is 12.4. The number of aliphatic imine (C=N–C) groups is 1. The van der Waals surface area contributed by atoms with Crippen LogP contribution >= 0.6 is 0 Å². The van der Waals surface area contributed by atoms with Crippen molar-refractivity contribution in [1.29, 1.82) is 0 Å². The molecule has 0 amide bonds. The Morgan fingerprint density at radius 2 is 2.22 bits per heavy atom. The van der Waals surface area contributed by atoms with E-state index in [-0.39, 0.29) is 6.04 Å². The van der Waals surface area contributed by atoms with Crippen molar-refractivity contribution in [2.24, 2.45) is 10.9 Å². The van der Waals surface area contributed by atoms with Gasteiger partial charge in [0, 0.05) is 12.5 Å². The van der Waals surface area contributed by atoms with Crippen LogP contribution in [0, 0.1) is 12.8 Å². The van der Waals surface area contributed by atoms with Gasteiger partial charge < -0.3 is 10.1 Å². The van der Waals surface area contributed by atoms with Crippen LogP contribution in [0.4, 0.5) is 0 Å². The molecule has 1 fully saturated rings. The fourth-order valence-corrected chi connectivity index (χ4v) is 2.80. The summed E-state index contributed by atoms with van der Waals surface area (Å²) in [7, 11) is 0. The molecule has 2 atom stereocenters. The number of piperidine rings is 1. The monoisotopic (exact) mass is 244 g/mol. The third-order valence-corrected chi connectivity index (χ3v) is 3.87. The van der Waals surface area contributed by atoms with E-state index in [4.69, 9.17) is 9.73 Å². The van der Waals surface area contributed by atoms with Crippen LogP contribution in [0.5, 0.6) is 0 Å². The number of aryl methyl sites for hydroxylation is 1. The summed E-state index contributed by atoms with van der Waals surface area (Å²) in [6.07, 6.45) is 2.43. The molecule has 0 bridgehead atoms. The lowest BCUT2D eigenvalue weighted by Crippen LogP contribution is -2.34. The molecule has 2 aliphatic rings. The molecule has 3 nitrogen and oxygen atoms in total. The molecule has 0 aromatic heterocycles. The van der Waals surface area contributed by atoms with E-state index >= 15 is 0 Å². The molecule has 96 valence electrons. The van der Waals surface area contributed by atoms with Gasteiger partial charge in [0.1, 0.15) is 12.6 Å². The number of benzene rings is 1. The van der Waals surface area contributed by atoms with Gasteiger partial charge in [0.25, 0.3) is 0 Å². The first-order chi connectivity index (χ1) is 8.84. The van der Waals surface area contributed by atoms with Gasteiger partial charge in [0.15, 0.2) is 5.90 Å².